The number of hydrogen-bond donors (Lipinski definition) is 0. The van der Waals surface area contributed by atoms with Crippen LogP contribution in [0.25, 0.3) is 0 Å². The maximum atomic E-state index is 5.79. The first-order valence-corrected chi connectivity index (χ1v) is 7.04. The van der Waals surface area contributed by atoms with Gasteiger partial charge in [-0.3, -0.25) is 0 Å². The number of hydrogen-bond acceptors (Lipinski definition) is 2. The van der Waals surface area contributed by atoms with Gasteiger partial charge in [0, 0.05) is 6.16 Å². The van der Waals surface area contributed by atoms with Crippen LogP contribution in [-0.2, 0) is 9.05 Å². The molecule has 0 saturated heterocycles. The molecular weight excluding hydrogens is 207 g/mol. The van der Waals surface area contributed by atoms with Crippen molar-refractivity contribution in [2.24, 2.45) is 10.8 Å². The predicted molar refractivity (Wildman–Crippen MR) is 68.3 cm³/mol. The van der Waals surface area contributed by atoms with Crippen LogP contribution in [0.5, 0.6) is 0 Å². The zero-order valence-corrected chi connectivity index (χ0v) is 12.3. The first-order chi connectivity index (χ1) is 6.64. The van der Waals surface area contributed by atoms with Gasteiger partial charge in [-0.1, -0.05) is 48.5 Å². The van der Waals surface area contributed by atoms with E-state index in [1.807, 2.05) is 0 Å². The van der Waals surface area contributed by atoms with Crippen molar-refractivity contribution in [3.8, 4) is 0 Å². The molecule has 0 N–H and O–H groups in total. The van der Waals surface area contributed by atoms with Gasteiger partial charge in [-0.25, -0.2) is 0 Å². The van der Waals surface area contributed by atoms with Gasteiger partial charge in [0.25, 0.3) is 0 Å². The fourth-order valence-corrected chi connectivity index (χ4v) is 2.25. The van der Waals surface area contributed by atoms with Crippen LogP contribution in [0.15, 0.2) is 0 Å². The molecule has 0 atom stereocenters. The lowest BCUT2D eigenvalue weighted by Crippen LogP contribution is -2.16. The Labute approximate surface area is 96.7 Å². The van der Waals surface area contributed by atoms with Gasteiger partial charge in [0.1, 0.15) is 0 Å². The summed E-state index contributed by atoms with van der Waals surface area (Å²) >= 11 is 0. The third-order valence-corrected chi connectivity index (χ3v) is 2.89. The molecule has 0 amide bonds. The van der Waals surface area contributed by atoms with Crippen LogP contribution in [0.4, 0.5) is 0 Å². The molecule has 2 nitrogen and oxygen atoms in total. The zero-order valence-electron chi connectivity index (χ0n) is 11.4. The first kappa shape index (κ1) is 15.3. The zero-order chi connectivity index (χ0) is 12.1. The second-order valence-corrected chi connectivity index (χ2v) is 8.13. The molecule has 0 saturated carbocycles. The molecule has 0 aromatic heterocycles. The highest BCUT2D eigenvalue weighted by atomic mass is 31.2. The van der Waals surface area contributed by atoms with E-state index in [0.29, 0.717) is 0 Å². The summed E-state index contributed by atoms with van der Waals surface area (Å²) in [6.07, 6.45) is 0.974. The number of rotatable bonds is 5. The normalized spacial score (nSPS) is 13.6. The van der Waals surface area contributed by atoms with Crippen molar-refractivity contribution in [3.05, 3.63) is 0 Å². The van der Waals surface area contributed by atoms with Crippen molar-refractivity contribution >= 4 is 8.38 Å². The standard InChI is InChI=1S/C12H27O2P/c1-8-15(13-9-11(2,3)4)14-10-12(5,6)7/h8-10H2,1-7H3. The van der Waals surface area contributed by atoms with Crippen molar-refractivity contribution in [2.75, 3.05) is 19.4 Å². The Kier molecular flexibility index (Phi) is 6.32. The predicted octanol–water partition coefficient (Wildman–Crippen LogP) is 4.44. The molecule has 3 heteroatoms. The van der Waals surface area contributed by atoms with Gasteiger partial charge < -0.3 is 9.05 Å². The minimum Gasteiger partial charge on any atom is -0.334 e. The van der Waals surface area contributed by atoms with Crippen molar-refractivity contribution < 1.29 is 9.05 Å². The molecule has 0 radical (unpaired) electrons. The van der Waals surface area contributed by atoms with Crippen molar-refractivity contribution in [1.82, 2.24) is 0 Å². The maximum absolute atomic E-state index is 5.79. The summed E-state index contributed by atoms with van der Waals surface area (Å²) in [6, 6.07) is 0. The molecule has 0 aliphatic heterocycles. The first-order valence-electron chi connectivity index (χ1n) is 5.67. The second-order valence-electron chi connectivity index (χ2n) is 6.32. The van der Waals surface area contributed by atoms with Gasteiger partial charge in [-0.2, -0.15) is 0 Å². The molecule has 0 aliphatic carbocycles. The Balaban J connectivity index is 3.84. The minimum absolute atomic E-state index is 0.223. The molecule has 92 valence electrons. The van der Waals surface area contributed by atoms with Crippen LogP contribution in [0.1, 0.15) is 48.5 Å². The van der Waals surface area contributed by atoms with E-state index in [-0.39, 0.29) is 10.8 Å². The summed E-state index contributed by atoms with van der Waals surface area (Å²) in [5.74, 6) is 0. The van der Waals surface area contributed by atoms with Crippen LogP contribution in [-0.4, -0.2) is 19.4 Å². The van der Waals surface area contributed by atoms with Gasteiger partial charge >= 0.3 is 0 Å². The Morgan fingerprint density at radius 2 is 1.13 bits per heavy atom. The van der Waals surface area contributed by atoms with Gasteiger partial charge in [0.05, 0.1) is 13.2 Å². The van der Waals surface area contributed by atoms with Gasteiger partial charge in [-0.05, 0) is 10.8 Å². The minimum atomic E-state index is -0.687. The van der Waals surface area contributed by atoms with Crippen molar-refractivity contribution in [2.45, 2.75) is 48.5 Å². The van der Waals surface area contributed by atoms with Gasteiger partial charge in [0.2, 0.25) is 0 Å². The summed E-state index contributed by atoms with van der Waals surface area (Å²) in [6.45, 7) is 16.8. The quantitative estimate of drug-likeness (QED) is 0.654. The van der Waals surface area contributed by atoms with E-state index in [0.717, 1.165) is 19.4 Å². The summed E-state index contributed by atoms with van der Waals surface area (Å²) in [4.78, 5) is 0. The summed E-state index contributed by atoms with van der Waals surface area (Å²) in [5.41, 5.74) is 0.446. The lowest BCUT2D eigenvalue weighted by Gasteiger charge is -2.25. The Morgan fingerprint density at radius 1 is 0.800 bits per heavy atom. The van der Waals surface area contributed by atoms with E-state index in [4.69, 9.17) is 9.05 Å². The van der Waals surface area contributed by atoms with Crippen molar-refractivity contribution in [1.29, 1.82) is 0 Å². The van der Waals surface area contributed by atoms with Gasteiger partial charge in [0.15, 0.2) is 8.38 Å². The Morgan fingerprint density at radius 3 is 1.33 bits per heavy atom. The topological polar surface area (TPSA) is 18.5 Å². The summed E-state index contributed by atoms with van der Waals surface area (Å²) in [7, 11) is -0.687. The van der Waals surface area contributed by atoms with Crippen LogP contribution >= 0.6 is 8.38 Å². The molecule has 0 heterocycles. The molecule has 0 bridgehead atoms. The summed E-state index contributed by atoms with van der Waals surface area (Å²) in [5, 5.41) is 0. The van der Waals surface area contributed by atoms with E-state index in [1.54, 1.807) is 0 Å². The smallest absolute Gasteiger partial charge is 0.170 e. The van der Waals surface area contributed by atoms with E-state index in [2.05, 4.69) is 48.5 Å². The largest absolute Gasteiger partial charge is 0.334 e. The molecule has 0 aliphatic rings. The average Bonchev–Trinajstić information content (AvgIpc) is 2.00. The van der Waals surface area contributed by atoms with E-state index < -0.39 is 8.38 Å². The summed E-state index contributed by atoms with van der Waals surface area (Å²) < 4.78 is 11.6. The third-order valence-electron chi connectivity index (χ3n) is 1.54. The Hall–Kier alpha value is 0.350. The van der Waals surface area contributed by atoms with Crippen LogP contribution in [0.2, 0.25) is 0 Å². The highest BCUT2D eigenvalue weighted by Gasteiger charge is 2.18. The lowest BCUT2D eigenvalue weighted by molar-refractivity contribution is 0.149. The van der Waals surface area contributed by atoms with E-state index in [9.17, 15) is 0 Å². The SMILES string of the molecule is CCP(OCC(C)(C)C)OCC(C)(C)C. The van der Waals surface area contributed by atoms with Crippen LogP contribution in [0.3, 0.4) is 0 Å². The fraction of sp³-hybridized carbons (Fsp3) is 1.00. The molecule has 15 heavy (non-hydrogen) atoms. The average molecular weight is 234 g/mol. The third kappa shape index (κ3) is 10.6. The fourth-order valence-electron chi connectivity index (χ4n) is 0.751. The van der Waals surface area contributed by atoms with E-state index in [1.165, 1.54) is 0 Å². The lowest BCUT2D eigenvalue weighted by atomic mass is 9.99. The monoisotopic (exact) mass is 234 g/mol. The van der Waals surface area contributed by atoms with Crippen LogP contribution in [0, 0.1) is 10.8 Å². The second kappa shape index (κ2) is 6.18. The highest BCUT2D eigenvalue weighted by Crippen LogP contribution is 2.40. The van der Waals surface area contributed by atoms with Crippen molar-refractivity contribution in [3.63, 3.8) is 0 Å². The molecule has 0 aromatic carbocycles. The molecule has 0 spiro atoms. The molecular formula is C12H27O2P. The molecule has 0 unspecified atom stereocenters. The Bertz CT molecular complexity index is 149. The maximum Gasteiger partial charge on any atom is 0.170 e. The molecule has 0 aromatic rings. The molecule has 0 rings (SSSR count). The van der Waals surface area contributed by atoms with Crippen LogP contribution < -0.4 is 0 Å². The molecule has 0 fully saturated rings. The van der Waals surface area contributed by atoms with E-state index >= 15 is 0 Å². The van der Waals surface area contributed by atoms with Gasteiger partial charge in [-0.15, -0.1) is 0 Å². The highest BCUT2D eigenvalue weighted by molar-refractivity contribution is 7.47.